The minimum Gasteiger partial charge on any atom is -0.487 e. The lowest BCUT2D eigenvalue weighted by Gasteiger charge is -2.30. The molecule has 0 radical (unpaired) electrons. The number of alkyl halides is 1. The molecule has 1 amide bonds. The van der Waals surface area contributed by atoms with Crippen LogP contribution in [0, 0.1) is 0 Å². The highest BCUT2D eigenvalue weighted by atomic mass is 32.1. The highest BCUT2D eigenvalue weighted by Crippen LogP contribution is 2.41. The lowest BCUT2D eigenvalue weighted by atomic mass is 9.88. The lowest BCUT2D eigenvalue weighted by Crippen LogP contribution is -2.41. The van der Waals surface area contributed by atoms with Gasteiger partial charge in [0.05, 0.1) is 25.1 Å². The molecule has 2 aliphatic rings. The van der Waals surface area contributed by atoms with E-state index in [1.807, 2.05) is 0 Å². The molecule has 1 aromatic rings. The molecule has 1 aliphatic heterocycles. The summed E-state index contributed by atoms with van der Waals surface area (Å²) in [6.45, 7) is 1.62. The summed E-state index contributed by atoms with van der Waals surface area (Å²) in [5.74, 6) is -2.13. The van der Waals surface area contributed by atoms with Gasteiger partial charge in [-0.25, -0.2) is 4.39 Å². The van der Waals surface area contributed by atoms with Crippen molar-refractivity contribution in [2.24, 2.45) is 0 Å². The van der Waals surface area contributed by atoms with Crippen molar-refractivity contribution in [3.8, 4) is 5.06 Å². The fourth-order valence-corrected chi connectivity index (χ4v) is 3.95. The van der Waals surface area contributed by atoms with Crippen LogP contribution in [0.15, 0.2) is 34.4 Å². The Hall–Kier alpha value is -2.48. The standard InChI is InChI=1S/C17H16FNO5S/c1-8-10(5-15(21)22)11-4-14(20)12(18)6-13(11)19(8)17(23)9-3-16(24-2)25-7-9/h3-4,7,12-13H,5-6H2,1-2H3,(H,21,22). The number of fused-ring (bicyclic) bond motifs is 1. The SMILES string of the molecule is COc1cc(C(=O)N2C(C)=C(CC(=O)O)C3=CC(=O)C(F)CC32)cs1. The van der Waals surface area contributed by atoms with Gasteiger partial charge >= 0.3 is 5.97 Å². The van der Waals surface area contributed by atoms with Crippen molar-refractivity contribution in [2.45, 2.75) is 32.0 Å². The molecule has 1 aliphatic carbocycles. The predicted molar refractivity (Wildman–Crippen MR) is 88.4 cm³/mol. The number of rotatable bonds is 4. The average Bonchev–Trinajstić information content (AvgIpc) is 3.12. The Labute approximate surface area is 147 Å². The fraction of sp³-hybridized carbons (Fsp3) is 0.353. The summed E-state index contributed by atoms with van der Waals surface area (Å²) in [6.07, 6.45) is -1.05. The zero-order valence-electron chi connectivity index (χ0n) is 13.6. The summed E-state index contributed by atoms with van der Waals surface area (Å²) < 4.78 is 19.0. The summed E-state index contributed by atoms with van der Waals surface area (Å²) in [4.78, 5) is 37.2. The highest BCUT2D eigenvalue weighted by molar-refractivity contribution is 7.12. The van der Waals surface area contributed by atoms with Crippen molar-refractivity contribution in [3.63, 3.8) is 0 Å². The number of carbonyl (C=O) groups excluding carboxylic acids is 2. The number of carbonyl (C=O) groups is 3. The molecule has 2 unspecified atom stereocenters. The van der Waals surface area contributed by atoms with Gasteiger partial charge in [0.2, 0.25) is 0 Å². The molecule has 0 fully saturated rings. The van der Waals surface area contributed by atoms with Gasteiger partial charge in [0.25, 0.3) is 5.91 Å². The molecule has 3 rings (SSSR count). The third kappa shape index (κ3) is 2.97. The van der Waals surface area contributed by atoms with Crippen molar-refractivity contribution in [1.82, 2.24) is 4.90 Å². The topological polar surface area (TPSA) is 83.9 Å². The molecule has 2 atom stereocenters. The van der Waals surface area contributed by atoms with E-state index in [2.05, 4.69) is 0 Å². The van der Waals surface area contributed by atoms with Crippen LogP contribution in [0.5, 0.6) is 5.06 Å². The number of thiophene rings is 1. The molecular formula is C17H16FNO5S. The zero-order chi connectivity index (χ0) is 18.3. The highest BCUT2D eigenvalue weighted by Gasteiger charge is 2.44. The van der Waals surface area contributed by atoms with Gasteiger partial charge in [0, 0.05) is 23.6 Å². The van der Waals surface area contributed by atoms with Gasteiger partial charge < -0.3 is 14.7 Å². The number of ether oxygens (including phenoxy) is 1. The van der Waals surface area contributed by atoms with Gasteiger partial charge in [0.15, 0.2) is 17.0 Å². The predicted octanol–water partition coefficient (Wildman–Crippen LogP) is 2.57. The van der Waals surface area contributed by atoms with E-state index < -0.39 is 24.0 Å². The number of carboxylic acid groups (broad SMARTS) is 1. The Morgan fingerprint density at radius 3 is 2.80 bits per heavy atom. The van der Waals surface area contributed by atoms with Gasteiger partial charge in [-0.15, -0.1) is 11.3 Å². The molecule has 0 saturated heterocycles. The number of halogens is 1. The molecule has 1 aromatic heterocycles. The Morgan fingerprint density at radius 1 is 1.48 bits per heavy atom. The van der Waals surface area contributed by atoms with Crippen LogP contribution >= 0.6 is 11.3 Å². The Morgan fingerprint density at radius 2 is 2.20 bits per heavy atom. The van der Waals surface area contributed by atoms with Gasteiger partial charge in [-0.1, -0.05) is 0 Å². The van der Waals surface area contributed by atoms with Gasteiger partial charge in [-0.2, -0.15) is 0 Å². The number of hydrogen-bond donors (Lipinski definition) is 1. The second kappa shape index (κ2) is 6.44. The first-order chi connectivity index (χ1) is 11.8. The number of ketones is 1. The summed E-state index contributed by atoms with van der Waals surface area (Å²) in [6, 6.07) is 0.917. The summed E-state index contributed by atoms with van der Waals surface area (Å²) in [5.41, 5.74) is 1.64. The third-order valence-electron chi connectivity index (χ3n) is 4.42. The van der Waals surface area contributed by atoms with Crippen molar-refractivity contribution < 1.29 is 28.6 Å². The molecule has 132 valence electrons. The first kappa shape index (κ1) is 17.3. The molecule has 2 heterocycles. The molecule has 1 N–H and O–H groups in total. The fourth-order valence-electron chi connectivity index (χ4n) is 3.25. The molecule has 0 saturated carbocycles. The normalized spacial score (nSPS) is 22.8. The number of allylic oxidation sites excluding steroid dienone is 2. The van der Waals surface area contributed by atoms with E-state index in [0.29, 0.717) is 27.5 Å². The maximum Gasteiger partial charge on any atom is 0.307 e. The van der Waals surface area contributed by atoms with Gasteiger partial charge in [0.1, 0.15) is 0 Å². The Kier molecular flexibility index (Phi) is 4.47. The van der Waals surface area contributed by atoms with E-state index >= 15 is 0 Å². The average molecular weight is 365 g/mol. The van der Waals surface area contributed by atoms with Gasteiger partial charge in [-0.3, -0.25) is 14.4 Å². The maximum absolute atomic E-state index is 13.9. The van der Waals surface area contributed by atoms with Crippen molar-refractivity contribution in [2.75, 3.05) is 7.11 Å². The monoisotopic (exact) mass is 365 g/mol. The van der Waals surface area contributed by atoms with E-state index in [-0.39, 0.29) is 18.7 Å². The molecular weight excluding hydrogens is 349 g/mol. The molecule has 25 heavy (non-hydrogen) atoms. The van der Waals surface area contributed by atoms with E-state index in [1.54, 1.807) is 18.4 Å². The van der Waals surface area contributed by atoms with Crippen LogP contribution in [0.2, 0.25) is 0 Å². The third-order valence-corrected chi connectivity index (χ3v) is 5.31. The first-order valence-electron chi connectivity index (χ1n) is 7.61. The molecule has 0 aromatic carbocycles. The molecule has 8 heteroatoms. The van der Waals surface area contributed by atoms with E-state index in [0.717, 1.165) is 6.08 Å². The molecule has 0 bridgehead atoms. The van der Waals surface area contributed by atoms with Crippen LogP contribution in [-0.4, -0.2) is 47.0 Å². The Bertz CT molecular complexity index is 825. The second-order valence-electron chi connectivity index (χ2n) is 5.89. The largest absolute Gasteiger partial charge is 0.487 e. The van der Waals surface area contributed by atoms with Crippen LogP contribution in [0.1, 0.15) is 30.1 Å². The minimum absolute atomic E-state index is 0.169. The summed E-state index contributed by atoms with van der Waals surface area (Å²) in [5, 5.41) is 11.3. The second-order valence-corrected chi connectivity index (χ2v) is 6.76. The number of carboxylic acids is 1. The molecule has 6 nitrogen and oxygen atoms in total. The smallest absolute Gasteiger partial charge is 0.307 e. The maximum atomic E-state index is 13.9. The number of hydrogen-bond acceptors (Lipinski definition) is 5. The van der Waals surface area contributed by atoms with Crippen LogP contribution in [-0.2, 0) is 9.59 Å². The van der Waals surface area contributed by atoms with Crippen molar-refractivity contribution >= 4 is 29.0 Å². The minimum atomic E-state index is -1.70. The molecule has 0 spiro atoms. The van der Waals surface area contributed by atoms with Crippen LogP contribution in [0.25, 0.3) is 0 Å². The van der Waals surface area contributed by atoms with E-state index in [9.17, 15) is 18.8 Å². The Balaban J connectivity index is 2.03. The van der Waals surface area contributed by atoms with Crippen LogP contribution < -0.4 is 4.74 Å². The number of aliphatic carboxylic acids is 1. The summed E-state index contributed by atoms with van der Waals surface area (Å²) in [7, 11) is 1.49. The lowest BCUT2D eigenvalue weighted by molar-refractivity contribution is -0.136. The van der Waals surface area contributed by atoms with Crippen LogP contribution in [0.4, 0.5) is 4.39 Å². The van der Waals surface area contributed by atoms with E-state index in [1.165, 1.54) is 23.3 Å². The van der Waals surface area contributed by atoms with Gasteiger partial charge in [-0.05, 0) is 24.1 Å². The van der Waals surface area contributed by atoms with Crippen LogP contribution in [0.3, 0.4) is 0 Å². The first-order valence-corrected chi connectivity index (χ1v) is 8.49. The van der Waals surface area contributed by atoms with E-state index in [4.69, 9.17) is 9.84 Å². The zero-order valence-corrected chi connectivity index (χ0v) is 14.4. The summed E-state index contributed by atoms with van der Waals surface area (Å²) >= 11 is 1.26. The quantitative estimate of drug-likeness (QED) is 0.887. The number of amides is 1. The number of methoxy groups -OCH3 is 1. The van der Waals surface area contributed by atoms with Crippen molar-refractivity contribution in [3.05, 3.63) is 39.9 Å². The number of nitrogens with zero attached hydrogens (tertiary/aromatic N) is 1. The van der Waals surface area contributed by atoms with Crippen molar-refractivity contribution in [1.29, 1.82) is 0 Å².